The van der Waals surface area contributed by atoms with E-state index in [0.29, 0.717) is 26.4 Å². The third kappa shape index (κ3) is 18.0. The van der Waals surface area contributed by atoms with Crippen molar-refractivity contribution in [2.75, 3.05) is 70.6 Å². The summed E-state index contributed by atoms with van der Waals surface area (Å²) >= 11 is 0. The van der Waals surface area contributed by atoms with Gasteiger partial charge in [0.1, 0.15) is 17.8 Å². The second-order valence-corrected chi connectivity index (χ2v) is 10.6. The van der Waals surface area contributed by atoms with Crippen molar-refractivity contribution in [2.45, 2.75) is 52.7 Å². The number of hydrogen-bond donors (Lipinski definition) is 2. The molecule has 0 aliphatic carbocycles. The first-order chi connectivity index (χ1) is 19.7. The van der Waals surface area contributed by atoms with Gasteiger partial charge in [-0.05, 0) is 59.7 Å². The van der Waals surface area contributed by atoms with E-state index in [-0.39, 0.29) is 43.4 Å². The largest absolute Gasteiger partial charge is 0.467 e. The van der Waals surface area contributed by atoms with Gasteiger partial charge in [0.15, 0.2) is 0 Å². The van der Waals surface area contributed by atoms with Crippen LogP contribution in [0.3, 0.4) is 0 Å². The summed E-state index contributed by atoms with van der Waals surface area (Å²) in [6.07, 6.45) is -0.189. The van der Waals surface area contributed by atoms with Gasteiger partial charge in [0.2, 0.25) is 0 Å². The van der Waals surface area contributed by atoms with E-state index in [1.807, 2.05) is 0 Å². The summed E-state index contributed by atoms with van der Waals surface area (Å²) < 4.78 is 36.1. The Hall–Kier alpha value is -3.59. The fraction of sp³-hybridized carbons (Fsp3) is 0.607. The molecule has 0 aromatic heterocycles. The molecule has 14 nitrogen and oxygen atoms in total. The monoisotopic (exact) mass is 597 g/mol. The zero-order chi connectivity index (χ0) is 31.6. The summed E-state index contributed by atoms with van der Waals surface area (Å²) in [5.41, 5.74) is -1.01. The Bertz CT molecular complexity index is 1050. The van der Waals surface area contributed by atoms with Crippen molar-refractivity contribution in [3.05, 3.63) is 23.8 Å². The quantitative estimate of drug-likeness (QED) is 0.123. The minimum absolute atomic E-state index is 0.0738. The number of aliphatic imine (C=N–C) groups is 1. The molecule has 1 rings (SSSR count). The zero-order valence-electron chi connectivity index (χ0n) is 25.4. The van der Waals surface area contributed by atoms with Crippen molar-refractivity contribution in [1.29, 1.82) is 0 Å². The summed E-state index contributed by atoms with van der Waals surface area (Å²) in [5.74, 6) is -1.03. The van der Waals surface area contributed by atoms with Crippen LogP contribution in [0.15, 0.2) is 23.2 Å². The Morgan fingerprint density at radius 2 is 1.24 bits per heavy atom. The molecule has 0 unspecified atom stereocenters. The van der Waals surface area contributed by atoms with Crippen LogP contribution in [-0.4, -0.2) is 101 Å². The molecule has 42 heavy (non-hydrogen) atoms. The molecule has 0 spiro atoms. The normalized spacial score (nSPS) is 11.7. The van der Waals surface area contributed by atoms with E-state index in [1.54, 1.807) is 41.5 Å². The van der Waals surface area contributed by atoms with Crippen molar-refractivity contribution < 1.29 is 52.3 Å². The smallest absolute Gasteiger partial charge is 0.412 e. The van der Waals surface area contributed by atoms with Crippen LogP contribution in [0.5, 0.6) is 0 Å². The van der Waals surface area contributed by atoms with Crippen LogP contribution in [0.1, 0.15) is 51.9 Å². The molecule has 0 aliphatic rings. The van der Waals surface area contributed by atoms with Gasteiger partial charge in [-0.3, -0.25) is 15.4 Å². The lowest BCUT2D eigenvalue weighted by Crippen LogP contribution is -2.29. The number of hydrogen-bond acceptors (Lipinski definition) is 11. The maximum Gasteiger partial charge on any atom is 0.412 e. The fourth-order valence-corrected chi connectivity index (χ4v) is 2.82. The first-order valence-electron chi connectivity index (χ1n) is 13.3. The second kappa shape index (κ2) is 18.8. The van der Waals surface area contributed by atoms with Crippen LogP contribution < -0.4 is 10.6 Å². The molecule has 1 aromatic rings. The van der Waals surface area contributed by atoms with E-state index >= 15 is 0 Å². The van der Waals surface area contributed by atoms with Crippen molar-refractivity contribution >= 4 is 41.7 Å². The lowest BCUT2D eigenvalue weighted by Gasteiger charge is -2.22. The van der Waals surface area contributed by atoms with Crippen molar-refractivity contribution in [3.8, 4) is 0 Å². The second-order valence-electron chi connectivity index (χ2n) is 10.6. The van der Waals surface area contributed by atoms with Gasteiger partial charge in [-0.25, -0.2) is 19.4 Å². The molecule has 3 amide bonds. The third-order valence-corrected chi connectivity index (χ3v) is 4.50. The predicted octanol–water partition coefficient (Wildman–Crippen LogP) is 3.83. The topological polar surface area (TPSA) is 169 Å². The minimum atomic E-state index is -0.769. The van der Waals surface area contributed by atoms with E-state index in [9.17, 15) is 19.2 Å². The van der Waals surface area contributed by atoms with Gasteiger partial charge in [0.25, 0.3) is 5.91 Å². The standard InChI is InChI=1S/C28H43N3O11/c1-27(2,3)41-25(34)30-21-9-8-20(18-22(21)31-26(35)42-28(4,5)6)24(33)29-10-11-37-12-13-38-14-15-39-16-17-40-19-23(32)36-7/h8-10,18H,11-17,19H2,1-7H3,(H,30,34)(H,31,35). The van der Waals surface area contributed by atoms with Crippen LogP contribution in [0.2, 0.25) is 0 Å². The summed E-state index contributed by atoms with van der Waals surface area (Å²) in [7, 11) is 1.29. The molecule has 0 radical (unpaired) electrons. The fourth-order valence-electron chi connectivity index (χ4n) is 2.82. The first-order valence-corrected chi connectivity index (χ1v) is 13.3. The number of rotatable bonds is 16. The lowest BCUT2D eigenvalue weighted by atomic mass is 10.1. The number of nitrogens with one attached hydrogen (secondary N) is 2. The first kappa shape index (κ1) is 36.4. The number of ether oxygens (including phenoxy) is 7. The molecular formula is C28H43N3O11. The Kier molecular flexibility index (Phi) is 16.3. The lowest BCUT2D eigenvalue weighted by molar-refractivity contribution is -0.146. The molecule has 1 aromatic carbocycles. The molecule has 14 heteroatoms. The van der Waals surface area contributed by atoms with Gasteiger partial charge in [0.05, 0.1) is 64.7 Å². The highest BCUT2D eigenvalue weighted by Gasteiger charge is 2.21. The average molecular weight is 598 g/mol. The SMILES string of the molecule is COC(=O)COCCOCCOCCOCC=NC(=O)c1ccc(NC(=O)OC(C)(C)C)c(NC(=O)OC(C)(C)C)c1. The van der Waals surface area contributed by atoms with Gasteiger partial charge in [-0.2, -0.15) is 0 Å². The predicted molar refractivity (Wildman–Crippen MR) is 154 cm³/mol. The van der Waals surface area contributed by atoms with Gasteiger partial charge >= 0.3 is 18.2 Å². The minimum Gasteiger partial charge on any atom is -0.467 e. The van der Waals surface area contributed by atoms with E-state index in [1.165, 1.54) is 31.5 Å². The Labute approximate surface area is 246 Å². The van der Waals surface area contributed by atoms with Gasteiger partial charge in [-0.15, -0.1) is 0 Å². The van der Waals surface area contributed by atoms with Crippen LogP contribution in [0.25, 0.3) is 0 Å². The summed E-state index contributed by atoms with van der Waals surface area (Å²) in [4.78, 5) is 52.0. The number of benzene rings is 1. The van der Waals surface area contributed by atoms with E-state index in [2.05, 4.69) is 20.4 Å². The molecule has 0 heterocycles. The molecule has 0 saturated carbocycles. The zero-order valence-corrected chi connectivity index (χ0v) is 25.4. The molecular weight excluding hydrogens is 554 g/mol. The van der Waals surface area contributed by atoms with Crippen LogP contribution in [0.4, 0.5) is 21.0 Å². The molecule has 2 N–H and O–H groups in total. The average Bonchev–Trinajstić information content (AvgIpc) is 2.87. The highest BCUT2D eigenvalue weighted by Crippen LogP contribution is 2.25. The summed E-state index contributed by atoms with van der Waals surface area (Å²) in [6, 6.07) is 4.28. The Balaban J connectivity index is 2.51. The maximum atomic E-state index is 12.6. The van der Waals surface area contributed by atoms with Gasteiger partial charge < -0.3 is 33.2 Å². The summed E-state index contributed by atoms with van der Waals surface area (Å²) in [5, 5.41) is 5.11. The molecule has 0 bridgehead atoms. The molecule has 236 valence electrons. The van der Waals surface area contributed by atoms with E-state index in [0.717, 1.165) is 0 Å². The number of carbonyl (C=O) groups is 4. The Morgan fingerprint density at radius 3 is 1.76 bits per heavy atom. The maximum absolute atomic E-state index is 12.6. The van der Waals surface area contributed by atoms with E-state index in [4.69, 9.17) is 28.4 Å². The summed E-state index contributed by atoms with van der Waals surface area (Å²) in [6.45, 7) is 12.1. The van der Waals surface area contributed by atoms with Crippen LogP contribution in [-0.2, 0) is 38.0 Å². The van der Waals surface area contributed by atoms with Gasteiger partial charge in [-0.1, -0.05) is 0 Å². The number of anilines is 2. The van der Waals surface area contributed by atoms with Crippen LogP contribution >= 0.6 is 0 Å². The highest BCUT2D eigenvalue weighted by atomic mass is 16.6. The van der Waals surface area contributed by atoms with Gasteiger partial charge in [0, 0.05) is 11.8 Å². The van der Waals surface area contributed by atoms with Crippen molar-refractivity contribution in [3.63, 3.8) is 0 Å². The molecule has 0 aliphatic heterocycles. The number of nitrogens with zero attached hydrogens (tertiary/aromatic N) is 1. The molecule has 0 saturated heterocycles. The number of methoxy groups -OCH3 is 1. The highest BCUT2D eigenvalue weighted by molar-refractivity contribution is 6.03. The number of carbonyl (C=O) groups excluding carboxylic acids is 4. The molecule has 0 atom stereocenters. The number of amides is 3. The van der Waals surface area contributed by atoms with Crippen LogP contribution in [0, 0.1) is 0 Å². The van der Waals surface area contributed by atoms with Crippen molar-refractivity contribution in [1.82, 2.24) is 0 Å². The third-order valence-electron chi connectivity index (χ3n) is 4.50. The van der Waals surface area contributed by atoms with Crippen molar-refractivity contribution in [2.24, 2.45) is 4.99 Å². The molecule has 0 fully saturated rings. The van der Waals surface area contributed by atoms with E-state index < -0.39 is 35.3 Å². The number of esters is 1. The Morgan fingerprint density at radius 1 is 0.738 bits per heavy atom.